The largest absolute Gasteiger partial charge is 0.294 e. The Kier molecular flexibility index (Phi) is 4.68. The van der Waals surface area contributed by atoms with Crippen molar-refractivity contribution in [1.82, 2.24) is 0 Å². The molecule has 0 spiro atoms. The minimum Gasteiger partial charge on any atom is -0.294 e. The molecule has 2 aromatic rings. The summed E-state index contributed by atoms with van der Waals surface area (Å²) in [5.41, 5.74) is 2.03. The Labute approximate surface area is 183 Å². The van der Waals surface area contributed by atoms with E-state index in [2.05, 4.69) is 0 Å². The van der Waals surface area contributed by atoms with E-state index < -0.39 is 37.2 Å². The Morgan fingerprint density at radius 3 is 2.32 bits per heavy atom. The Bertz CT molecular complexity index is 1280. The summed E-state index contributed by atoms with van der Waals surface area (Å²) >= 11 is 0. The lowest BCUT2D eigenvalue weighted by molar-refractivity contribution is 0.0713. The van der Waals surface area contributed by atoms with Crippen molar-refractivity contribution in [2.45, 2.75) is 30.3 Å². The molecule has 0 aromatic heterocycles. The monoisotopic (exact) mass is 454 g/mol. The number of benzene rings is 2. The van der Waals surface area contributed by atoms with Gasteiger partial charge >= 0.3 is 0 Å². The van der Waals surface area contributed by atoms with Gasteiger partial charge in [0.15, 0.2) is 21.4 Å². The summed E-state index contributed by atoms with van der Waals surface area (Å²) in [5.74, 6) is -2.09. The highest BCUT2D eigenvalue weighted by atomic mass is 32.2. The number of hydrogen-bond donors (Lipinski definition) is 0. The number of sulfone groups is 1. The van der Waals surface area contributed by atoms with Crippen LogP contribution in [0.3, 0.4) is 0 Å². The number of Topliss-reactive ketones (excluding diaryl/α,β-unsaturated/α-hetero) is 2. The molecule has 2 aliphatic carbocycles. The molecule has 1 fully saturated rings. The Balaban J connectivity index is 1.76. The van der Waals surface area contributed by atoms with Crippen LogP contribution in [0, 0.1) is 11.8 Å². The number of ketones is 2. The molecule has 0 radical (unpaired) electrons. The predicted octanol–water partition coefficient (Wildman–Crippen LogP) is 3.48. The second kappa shape index (κ2) is 7.07. The standard InChI is InChI=1S/C24H22O5S2/c1-15-13-20-21(25)17-9-5-6-10-18(17)23(26)24(20,19-11-12-31(28,29)22(15)19)30(27)14-16-7-3-2-4-8-16/h2-10,19-20H,11-14H2,1H3/t19-,20+,24+,30+/m0/s1. The van der Waals surface area contributed by atoms with Gasteiger partial charge in [0.05, 0.1) is 11.7 Å². The normalized spacial score (nSPS) is 29.8. The van der Waals surface area contributed by atoms with Gasteiger partial charge in [0.1, 0.15) is 4.75 Å². The van der Waals surface area contributed by atoms with Crippen molar-refractivity contribution < 1.29 is 22.2 Å². The number of fused-ring (bicyclic) bond motifs is 4. The molecule has 5 nitrogen and oxygen atoms in total. The lowest BCUT2D eigenvalue weighted by atomic mass is 9.62. The molecule has 0 amide bonds. The number of allylic oxidation sites excluding steroid dienone is 2. The maximum Gasteiger partial charge on any atom is 0.183 e. The fourth-order valence-corrected chi connectivity index (χ4v) is 9.97. The molecule has 3 aliphatic rings. The van der Waals surface area contributed by atoms with Gasteiger partial charge in [-0.1, -0.05) is 60.2 Å². The number of rotatable bonds is 3. The lowest BCUT2D eigenvalue weighted by Gasteiger charge is -2.48. The van der Waals surface area contributed by atoms with Crippen LogP contribution >= 0.6 is 0 Å². The third-order valence-corrected chi connectivity index (χ3v) is 11.1. The number of carbonyl (C=O) groups excluding carboxylic acids is 2. The molecule has 31 heavy (non-hydrogen) atoms. The highest BCUT2D eigenvalue weighted by molar-refractivity contribution is 7.95. The molecule has 0 saturated carbocycles. The number of carbonyl (C=O) groups is 2. The van der Waals surface area contributed by atoms with Crippen molar-refractivity contribution in [3.8, 4) is 0 Å². The zero-order valence-electron chi connectivity index (χ0n) is 17.0. The second-order valence-electron chi connectivity index (χ2n) is 8.57. The fourth-order valence-electron chi connectivity index (χ4n) is 5.67. The first-order valence-corrected chi connectivity index (χ1v) is 13.3. The molecule has 4 atom stereocenters. The average Bonchev–Trinajstić information content (AvgIpc) is 3.09. The van der Waals surface area contributed by atoms with Gasteiger partial charge in [-0.15, -0.1) is 0 Å². The van der Waals surface area contributed by atoms with Gasteiger partial charge in [-0.25, -0.2) is 8.42 Å². The van der Waals surface area contributed by atoms with E-state index in [0.29, 0.717) is 11.1 Å². The van der Waals surface area contributed by atoms with Gasteiger partial charge in [0.2, 0.25) is 0 Å². The maximum absolute atomic E-state index is 14.1. The van der Waals surface area contributed by atoms with E-state index in [1.807, 2.05) is 30.3 Å². The van der Waals surface area contributed by atoms with Gasteiger partial charge in [-0.05, 0) is 25.3 Å². The minimum atomic E-state index is -3.53. The van der Waals surface area contributed by atoms with Crippen LogP contribution in [0.4, 0.5) is 0 Å². The summed E-state index contributed by atoms with van der Waals surface area (Å²) < 4.78 is 38.3. The maximum atomic E-state index is 14.1. The minimum absolute atomic E-state index is 0.0789. The highest BCUT2D eigenvalue weighted by Gasteiger charge is 2.66. The highest BCUT2D eigenvalue weighted by Crippen LogP contribution is 2.56. The zero-order valence-corrected chi connectivity index (χ0v) is 18.7. The summed E-state index contributed by atoms with van der Waals surface area (Å²) in [6, 6.07) is 15.8. The zero-order chi connectivity index (χ0) is 22.0. The van der Waals surface area contributed by atoms with Crippen LogP contribution in [0.15, 0.2) is 65.1 Å². The van der Waals surface area contributed by atoms with Crippen molar-refractivity contribution in [3.05, 3.63) is 81.8 Å². The molecule has 0 bridgehead atoms. The molecule has 1 aliphatic heterocycles. The van der Waals surface area contributed by atoms with Gasteiger partial charge in [0, 0.05) is 38.5 Å². The van der Waals surface area contributed by atoms with E-state index in [4.69, 9.17) is 0 Å². The van der Waals surface area contributed by atoms with Gasteiger partial charge in [-0.3, -0.25) is 13.8 Å². The van der Waals surface area contributed by atoms with Crippen LogP contribution < -0.4 is 0 Å². The third-order valence-electron chi connectivity index (χ3n) is 6.92. The lowest BCUT2D eigenvalue weighted by Crippen LogP contribution is -2.62. The smallest absolute Gasteiger partial charge is 0.183 e. The van der Waals surface area contributed by atoms with Gasteiger partial charge in [-0.2, -0.15) is 0 Å². The summed E-state index contributed by atoms with van der Waals surface area (Å²) in [4.78, 5) is 27.9. The Morgan fingerprint density at radius 2 is 1.61 bits per heavy atom. The third kappa shape index (κ3) is 2.79. The molecule has 0 N–H and O–H groups in total. The number of hydrogen-bond acceptors (Lipinski definition) is 5. The molecule has 1 heterocycles. The molecular formula is C24H22O5S2. The van der Waals surface area contributed by atoms with E-state index in [9.17, 15) is 22.2 Å². The van der Waals surface area contributed by atoms with Crippen LogP contribution in [-0.2, 0) is 26.4 Å². The second-order valence-corrected chi connectivity index (χ2v) is 12.3. The quantitative estimate of drug-likeness (QED) is 0.709. The van der Waals surface area contributed by atoms with Crippen molar-refractivity contribution in [1.29, 1.82) is 0 Å². The van der Waals surface area contributed by atoms with Crippen molar-refractivity contribution in [2.24, 2.45) is 11.8 Å². The van der Waals surface area contributed by atoms with Gasteiger partial charge in [0.25, 0.3) is 0 Å². The van der Waals surface area contributed by atoms with Crippen LogP contribution in [0.25, 0.3) is 0 Å². The van der Waals surface area contributed by atoms with Crippen LogP contribution in [-0.4, -0.2) is 34.7 Å². The van der Waals surface area contributed by atoms with E-state index in [1.54, 1.807) is 31.2 Å². The first-order chi connectivity index (χ1) is 14.8. The van der Waals surface area contributed by atoms with Crippen LogP contribution in [0.5, 0.6) is 0 Å². The Hall–Kier alpha value is -2.38. The van der Waals surface area contributed by atoms with E-state index in [-0.39, 0.29) is 46.4 Å². The Morgan fingerprint density at radius 1 is 0.968 bits per heavy atom. The van der Waals surface area contributed by atoms with Crippen LogP contribution in [0.1, 0.15) is 46.0 Å². The summed E-state index contributed by atoms with van der Waals surface area (Å²) in [5, 5.41) is 0. The molecule has 0 unspecified atom stereocenters. The molecule has 5 rings (SSSR count). The average molecular weight is 455 g/mol. The predicted molar refractivity (Wildman–Crippen MR) is 119 cm³/mol. The van der Waals surface area contributed by atoms with Crippen molar-refractivity contribution in [3.63, 3.8) is 0 Å². The first-order valence-electron chi connectivity index (χ1n) is 10.3. The van der Waals surface area contributed by atoms with Crippen molar-refractivity contribution >= 4 is 32.2 Å². The molecule has 2 aromatic carbocycles. The first kappa shape index (κ1) is 20.5. The topological polar surface area (TPSA) is 85.3 Å². The summed E-state index contributed by atoms with van der Waals surface area (Å²) in [7, 11) is -5.31. The molecule has 7 heteroatoms. The van der Waals surface area contributed by atoms with E-state index >= 15 is 0 Å². The van der Waals surface area contributed by atoms with Crippen molar-refractivity contribution in [2.75, 3.05) is 5.75 Å². The SMILES string of the molecule is CC1=C2[C@H](CCS2(=O)=O)[C@]2([S@](=O)Cc3ccccc3)C(=O)c3ccccc3C(=O)[C@H]2C1. The molecular weight excluding hydrogens is 432 g/mol. The fraction of sp³-hybridized carbons (Fsp3) is 0.333. The van der Waals surface area contributed by atoms with Gasteiger partial charge < -0.3 is 0 Å². The van der Waals surface area contributed by atoms with E-state index in [0.717, 1.165) is 5.56 Å². The molecule has 1 saturated heterocycles. The molecule has 160 valence electrons. The van der Waals surface area contributed by atoms with Crippen LogP contribution in [0.2, 0.25) is 0 Å². The van der Waals surface area contributed by atoms with E-state index in [1.165, 1.54) is 0 Å². The summed E-state index contributed by atoms with van der Waals surface area (Å²) in [6.07, 6.45) is 0.359. The summed E-state index contributed by atoms with van der Waals surface area (Å²) in [6.45, 7) is 1.73.